The number of benzene rings is 1. The Morgan fingerprint density at radius 1 is 1.37 bits per heavy atom. The minimum Gasteiger partial charge on any atom is -0.497 e. The summed E-state index contributed by atoms with van der Waals surface area (Å²) in [6.07, 6.45) is 2.55. The van der Waals surface area contributed by atoms with Gasteiger partial charge in [0.2, 0.25) is 5.91 Å². The van der Waals surface area contributed by atoms with Crippen LogP contribution in [0.2, 0.25) is 0 Å². The minimum absolute atomic E-state index is 0.108. The van der Waals surface area contributed by atoms with E-state index < -0.39 is 47.5 Å². The quantitative estimate of drug-likeness (QED) is 0.487. The predicted octanol–water partition coefficient (Wildman–Crippen LogP) is 2.08. The van der Waals surface area contributed by atoms with Crippen LogP contribution in [-0.2, 0) is 19.1 Å². The summed E-state index contributed by atoms with van der Waals surface area (Å²) in [7, 11) is 1.56. The van der Waals surface area contributed by atoms with Gasteiger partial charge in [0.25, 0.3) is 5.91 Å². The SMILES string of the molecule is C=CCN(C(=O)[C@H]1N([C@@H](CO)[C@@H](C)CC)C(=O)[C@@H]2[C@@H](C(=O)O)[C@H]3CC[C@]21O3)c1ccc(OC)cc1. The fraction of sp³-hybridized carbons (Fsp3) is 0.577. The van der Waals surface area contributed by atoms with E-state index in [0.717, 1.165) is 0 Å². The molecule has 0 unspecified atom stereocenters. The highest BCUT2D eigenvalue weighted by Gasteiger charge is 2.75. The number of hydrogen-bond donors (Lipinski definition) is 2. The third kappa shape index (κ3) is 3.81. The molecule has 9 heteroatoms. The average molecular weight is 487 g/mol. The van der Waals surface area contributed by atoms with E-state index in [2.05, 4.69) is 6.58 Å². The lowest BCUT2D eigenvalue weighted by atomic mass is 9.70. The maximum atomic E-state index is 14.3. The number of likely N-dealkylation sites (tertiary alicyclic amines) is 1. The van der Waals surface area contributed by atoms with E-state index in [-0.39, 0.29) is 25.0 Å². The second kappa shape index (κ2) is 9.62. The molecule has 3 aliphatic rings. The second-order valence-corrected chi connectivity index (χ2v) is 9.71. The molecule has 3 fully saturated rings. The first-order valence-corrected chi connectivity index (χ1v) is 12.2. The predicted molar refractivity (Wildman–Crippen MR) is 128 cm³/mol. The number of fused-ring (bicyclic) bond motifs is 1. The molecule has 3 aliphatic heterocycles. The lowest BCUT2D eigenvalue weighted by molar-refractivity contribution is -0.151. The van der Waals surface area contributed by atoms with Crippen molar-refractivity contribution in [3.63, 3.8) is 0 Å². The first kappa shape index (κ1) is 25.2. The number of carbonyl (C=O) groups excluding carboxylic acids is 2. The van der Waals surface area contributed by atoms with E-state index in [1.165, 1.54) is 9.80 Å². The zero-order chi connectivity index (χ0) is 25.5. The molecule has 0 aromatic heterocycles. The van der Waals surface area contributed by atoms with Crippen LogP contribution in [0, 0.1) is 17.8 Å². The van der Waals surface area contributed by atoms with Crippen LogP contribution >= 0.6 is 0 Å². The summed E-state index contributed by atoms with van der Waals surface area (Å²) in [6, 6.07) is 5.29. The number of carboxylic acid groups (broad SMARTS) is 1. The van der Waals surface area contributed by atoms with Gasteiger partial charge in [0.05, 0.1) is 37.7 Å². The van der Waals surface area contributed by atoms with Crippen molar-refractivity contribution in [3.05, 3.63) is 36.9 Å². The number of rotatable bonds is 10. The summed E-state index contributed by atoms with van der Waals surface area (Å²) < 4.78 is 11.5. The number of carboxylic acids is 1. The van der Waals surface area contributed by atoms with E-state index in [9.17, 15) is 24.6 Å². The zero-order valence-electron chi connectivity index (χ0n) is 20.4. The van der Waals surface area contributed by atoms with Gasteiger partial charge in [0, 0.05) is 12.2 Å². The molecule has 2 bridgehead atoms. The topological polar surface area (TPSA) is 117 Å². The molecular formula is C26H34N2O7. The Labute approximate surface area is 205 Å². The summed E-state index contributed by atoms with van der Waals surface area (Å²) in [5.74, 6) is -3.34. The molecule has 1 aromatic rings. The Hall–Kier alpha value is -2.91. The summed E-state index contributed by atoms with van der Waals surface area (Å²) in [5.41, 5.74) is -0.649. The van der Waals surface area contributed by atoms with E-state index in [0.29, 0.717) is 30.7 Å². The molecule has 9 nitrogen and oxygen atoms in total. The van der Waals surface area contributed by atoms with Crippen molar-refractivity contribution >= 4 is 23.5 Å². The fourth-order valence-corrected chi connectivity index (χ4v) is 6.19. The first-order valence-electron chi connectivity index (χ1n) is 12.2. The van der Waals surface area contributed by atoms with E-state index in [4.69, 9.17) is 9.47 Å². The highest BCUT2D eigenvalue weighted by atomic mass is 16.5. The van der Waals surface area contributed by atoms with Crippen LogP contribution in [0.15, 0.2) is 36.9 Å². The number of aliphatic hydroxyl groups excluding tert-OH is 1. The van der Waals surface area contributed by atoms with Gasteiger partial charge < -0.3 is 29.5 Å². The molecule has 2 N–H and O–H groups in total. The smallest absolute Gasteiger partial charge is 0.310 e. The maximum absolute atomic E-state index is 14.3. The van der Waals surface area contributed by atoms with Crippen molar-refractivity contribution in [2.75, 3.05) is 25.2 Å². The number of carbonyl (C=O) groups is 3. The molecule has 0 radical (unpaired) electrons. The van der Waals surface area contributed by atoms with Gasteiger partial charge in [-0.1, -0.05) is 26.3 Å². The second-order valence-electron chi connectivity index (χ2n) is 9.71. The number of nitrogens with zero attached hydrogens (tertiary/aromatic N) is 2. The van der Waals surface area contributed by atoms with Gasteiger partial charge in [-0.05, 0) is 43.0 Å². The molecule has 0 saturated carbocycles. The minimum atomic E-state index is -1.24. The van der Waals surface area contributed by atoms with Gasteiger partial charge >= 0.3 is 5.97 Å². The van der Waals surface area contributed by atoms with Crippen LogP contribution in [0.1, 0.15) is 33.1 Å². The van der Waals surface area contributed by atoms with E-state index in [1.807, 2.05) is 13.8 Å². The van der Waals surface area contributed by atoms with Gasteiger partial charge in [-0.15, -0.1) is 6.58 Å². The number of ether oxygens (including phenoxy) is 2. The summed E-state index contributed by atoms with van der Waals surface area (Å²) in [6.45, 7) is 7.51. The third-order valence-corrected chi connectivity index (χ3v) is 8.06. The Kier molecular flexibility index (Phi) is 6.92. The maximum Gasteiger partial charge on any atom is 0.310 e. The highest BCUT2D eigenvalue weighted by molar-refractivity contribution is 6.04. The highest BCUT2D eigenvalue weighted by Crippen LogP contribution is 2.59. The van der Waals surface area contributed by atoms with Crippen molar-refractivity contribution in [2.24, 2.45) is 17.8 Å². The van der Waals surface area contributed by atoms with Gasteiger partial charge in [-0.3, -0.25) is 14.4 Å². The van der Waals surface area contributed by atoms with Crippen LogP contribution in [0.25, 0.3) is 0 Å². The summed E-state index contributed by atoms with van der Waals surface area (Å²) >= 11 is 0. The molecular weight excluding hydrogens is 452 g/mol. The molecule has 7 atom stereocenters. The van der Waals surface area contributed by atoms with Crippen molar-refractivity contribution in [3.8, 4) is 5.75 Å². The molecule has 4 rings (SSSR count). The molecule has 2 amide bonds. The monoisotopic (exact) mass is 486 g/mol. The Morgan fingerprint density at radius 3 is 2.60 bits per heavy atom. The molecule has 190 valence electrons. The summed E-state index contributed by atoms with van der Waals surface area (Å²) in [5, 5.41) is 20.3. The summed E-state index contributed by atoms with van der Waals surface area (Å²) in [4.78, 5) is 43.4. The normalized spacial score (nSPS) is 30.6. The van der Waals surface area contributed by atoms with Gasteiger partial charge in [0.1, 0.15) is 17.4 Å². The van der Waals surface area contributed by atoms with Crippen LogP contribution in [0.3, 0.4) is 0 Å². The Balaban J connectivity index is 1.83. The molecule has 1 spiro atoms. The lowest BCUT2D eigenvalue weighted by Gasteiger charge is -2.40. The van der Waals surface area contributed by atoms with Gasteiger partial charge in [0.15, 0.2) is 0 Å². The van der Waals surface area contributed by atoms with Crippen LogP contribution in [0.5, 0.6) is 5.75 Å². The van der Waals surface area contributed by atoms with Crippen molar-refractivity contribution in [1.29, 1.82) is 0 Å². The largest absolute Gasteiger partial charge is 0.497 e. The van der Waals surface area contributed by atoms with Crippen LogP contribution in [-0.4, -0.2) is 76.9 Å². The molecule has 35 heavy (non-hydrogen) atoms. The fourth-order valence-electron chi connectivity index (χ4n) is 6.19. The van der Waals surface area contributed by atoms with Crippen LogP contribution in [0.4, 0.5) is 5.69 Å². The standard InChI is InChI=1S/C26H34N2O7/c1-5-13-27(16-7-9-17(34-4)10-8-16)24(31)22-26-12-11-19(35-26)20(25(32)33)21(26)23(30)28(22)18(14-29)15(3)6-2/h5,7-10,15,18-22,29H,1,6,11-14H2,2-4H3,(H,32,33)/t15-,18-,19+,20-,21-,22+,26-/m0/s1. The van der Waals surface area contributed by atoms with Crippen molar-refractivity contribution in [2.45, 2.75) is 56.9 Å². The van der Waals surface area contributed by atoms with Crippen molar-refractivity contribution in [1.82, 2.24) is 4.90 Å². The van der Waals surface area contributed by atoms with E-state index >= 15 is 0 Å². The number of hydrogen-bond acceptors (Lipinski definition) is 6. The Morgan fingerprint density at radius 2 is 2.06 bits per heavy atom. The number of aliphatic carboxylic acids is 1. The van der Waals surface area contributed by atoms with Crippen molar-refractivity contribution < 1.29 is 34.1 Å². The van der Waals surface area contributed by atoms with Gasteiger partial charge in [-0.25, -0.2) is 0 Å². The zero-order valence-corrected chi connectivity index (χ0v) is 20.4. The third-order valence-electron chi connectivity index (χ3n) is 8.06. The molecule has 0 aliphatic carbocycles. The number of methoxy groups -OCH3 is 1. The molecule has 3 saturated heterocycles. The number of aliphatic hydroxyl groups is 1. The molecule has 3 heterocycles. The average Bonchev–Trinajstić information content (AvgIpc) is 3.50. The van der Waals surface area contributed by atoms with Crippen LogP contribution < -0.4 is 9.64 Å². The first-order chi connectivity index (χ1) is 16.7. The Bertz CT molecular complexity index is 996. The number of amides is 2. The van der Waals surface area contributed by atoms with E-state index in [1.54, 1.807) is 37.5 Å². The van der Waals surface area contributed by atoms with Gasteiger partial charge in [-0.2, -0.15) is 0 Å². The lowest BCUT2D eigenvalue weighted by Crippen LogP contribution is -2.60. The molecule has 1 aromatic carbocycles. The number of anilines is 1.